The third-order valence-electron chi connectivity index (χ3n) is 4.12. The van der Waals surface area contributed by atoms with Gasteiger partial charge in [-0.25, -0.2) is 13.2 Å². The Morgan fingerprint density at radius 3 is 2.39 bits per heavy atom. The molecule has 2 rings (SSSR count). The molecule has 0 aliphatic heterocycles. The summed E-state index contributed by atoms with van der Waals surface area (Å²) in [7, 11) is -3.05. The van der Waals surface area contributed by atoms with Crippen molar-refractivity contribution in [1.82, 2.24) is 10.3 Å². The minimum atomic E-state index is -4.20. The van der Waals surface area contributed by atoms with Gasteiger partial charge in [-0.05, 0) is 50.1 Å². The van der Waals surface area contributed by atoms with E-state index in [1.807, 2.05) is 24.7 Å². The maximum absolute atomic E-state index is 12.5. The minimum Gasteiger partial charge on any atom is -0.481 e. The number of nitrogens with one attached hydrogen (secondary N) is 2. The second-order valence-corrected chi connectivity index (χ2v) is 7.69. The summed E-state index contributed by atoms with van der Waals surface area (Å²) in [4.78, 5) is 25.7. The van der Waals surface area contributed by atoms with E-state index in [0.717, 1.165) is 18.2 Å². The van der Waals surface area contributed by atoms with Crippen molar-refractivity contribution in [1.29, 1.82) is 0 Å². The highest BCUT2D eigenvalue weighted by atomic mass is 32.2. The molecule has 28 heavy (non-hydrogen) atoms. The summed E-state index contributed by atoms with van der Waals surface area (Å²) in [6.45, 7) is 5.27. The summed E-state index contributed by atoms with van der Waals surface area (Å²) in [6, 6.07) is 10.9. The molecule has 2 aromatic rings. The highest BCUT2D eigenvalue weighted by Crippen LogP contribution is 2.21. The summed E-state index contributed by atoms with van der Waals surface area (Å²) in [5.74, 6) is -0.972. The topological polar surface area (TPSA) is 111 Å². The van der Waals surface area contributed by atoms with Crippen LogP contribution in [0.15, 0.2) is 47.4 Å². The SMILES string of the molecule is COC(=O)c1ccccc1S(=O)(=O)NNC(=O)[C@H](C)Oc1cccc(C)c1C. The van der Waals surface area contributed by atoms with Crippen LogP contribution in [-0.4, -0.2) is 33.5 Å². The number of methoxy groups -OCH3 is 1. The fourth-order valence-electron chi connectivity index (χ4n) is 2.35. The summed E-state index contributed by atoms with van der Waals surface area (Å²) in [5.41, 5.74) is 3.85. The average Bonchev–Trinajstić information content (AvgIpc) is 2.69. The first-order valence-corrected chi connectivity index (χ1v) is 9.87. The van der Waals surface area contributed by atoms with Crippen molar-refractivity contribution in [3.63, 3.8) is 0 Å². The average molecular weight is 406 g/mol. The van der Waals surface area contributed by atoms with E-state index in [1.54, 1.807) is 12.1 Å². The molecule has 2 N–H and O–H groups in total. The fourth-order valence-corrected chi connectivity index (χ4v) is 3.39. The van der Waals surface area contributed by atoms with Gasteiger partial charge in [-0.1, -0.05) is 24.3 Å². The predicted molar refractivity (Wildman–Crippen MR) is 102 cm³/mol. The Hall–Kier alpha value is -2.91. The lowest BCUT2D eigenvalue weighted by Gasteiger charge is -2.17. The largest absolute Gasteiger partial charge is 0.481 e. The number of esters is 1. The molecule has 0 bridgehead atoms. The number of hydrogen-bond acceptors (Lipinski definition) is 6. The Balaban J connectivity index is 2.09. The number of hydrogen-bond donors (Lipinski definition) is 2. The maximum Gasteiger partial charge on any atom is 0.339 e. The van der Waals surface area contributed by atoms with Crippen molar-refractivity contribution in [2.75, 3.05) is 7.11 Å². The summed E-state index contributed by atoms with van der Waals surface area (Å²) in [6.07, 6.45) is -0.959. The van der Waals surface area contributed by atoms with Crippen molar-refractivity contribution >= 4 is 21.9 Å². The minimum absolute atomic E-state index is 0.147. The third-order valence-corrected chi connectivity index (χ3v) is 5.42. The van der Waals surface area contributed by atoms with Gasteiger partial charge in [-0.3, -0.25) is 10.2 Å². The second-order valence-electron chi connectivity index (χ2n) is 6.04. The van der Waals surface area contributed by atoms with Crippen LogP contribution in [0.25, 0.3) is 0 Å². The van der Waals surface area contributed by atoms with Crippen LogP contribution in [0, 0.1) is 13.8 Å². The highest BCUT2D eigenvalue weighted by molar-refractivity contribution is 7.89. The molecule has 1 amide bonds. The summed E-state index contributed by atoms with van der Waals surface area (Å²) >= 11 is 0. The zero-order chi connectivity index (χ0) is 20.9. The number of sulfonamides is 1. The Bertz CT molecular complexity index is 988. The zero-order valence-electron chi connectivity index (χ0n) is 16.0. The van der Waals surface area contributed by atoms with E-state index in [0.29, 0.717) is 5.75 Å². The Morgan fingerprint density at radius 1 is 1.04 bits per heavy atom. The van der Waals surface area contributed by atoms with Crippen molar-refractivity contribution in [3.05, 3.63) is 59.2 Å². The lowest BCUT2D eigenvalue weighted by Crippen LogP contribution is -2.47. The first kappa shape index (κ1) is 21.4. The van der Waals surface area contributed by atoms with E-state index in [9.17, 15) is 18.0 Å². The third kappa shape index (κ3) is 4.87. The quantitative estimate of drug-likeness (QED) is 0.536. The number of ether oxygens (including phenoxy) is 2. The first-order chi connectivity index (χ1) is 13.2. The molecule has 0 aromatic heterocycles. The van der Waals surface area contributed by atoms with Crippen molar-refractivity contribution in [2.24, 2.45) is 0 Å². The summed E-state index contributed by atoms with van der Waals surface area (Å²) < 4.78 is 35.2. The van der Waals surface area contributed by atoms with Gasteiger partial charge >= 0.3 is 5.97 Å². The predicted octanol–water partition coefficient (Wildman–Crippen LogP) is 1.87. The van der Waals surface area contributed by atoms with Crippen molar-refractivity contribution in [3.8, 4) is 5.75 Å². The molecule has 0 saturated carbocycles. The van der Waals surface area contributed by atoms with Crippen LogP contribution in [0.2, 0.25) is 0 Å². The molecule has 0 aliphatic rings. The second kappa shape index (κ2) is 8.85. The first-order valence-electron chi connectivity index (χ1n) is 8.39. The van der Waals surface area contributed by atoms with Crippen LogP contribution < -0.4 is 15.0 Å². The van der Waals surface area contributed by atoms with Crippen LogP contribution in [0.3, 0.4) is 0 Å². The van der Waals surface area contributed by atoms with Crippen molar-refractivity contribution in [2.45, 2.75) is 31.8 Å². The lowest BCUT2D eigenvalue weighted by atomic mass is 10.1. The smallest absolute Gasteiger partial charge is 0.339 e. The number of hydrazine groups is 1. The molecule has 0 heterocycles. The molecule has 1 atom stereocenters. The van der Waals surface area contributed by atoms with E-state index in [-0.39, 0.29) is 10.5 Å². The molecular weight excluding hydrogens is 384 g/mol. The number of carbonyl (C=O) groups is 2. The molecule has 150 valence electrons. The van der Waals surface area contributed by atoms with Crippen LogP contribution in [0.1, 0.15) is 28.4 Å². The van der Waals surface area contributed by atoms with Gasteiger partial charge in [-0.2, -0.15) is 0 Å². The Morgan fingerprint density at radius 2 is 1.71 bits per heavy atom. The molecule has 0 saturated heterocycles. The molecule has 0 radical (unpaired) electrons. The molecule has 8 nitrogen and oxygen atoms in total. The van der Waals surface area contributed by atoms with E-state index in [4.69, 9.17) is 4.74 Å². The van der Waals surface area contributed by atoms with Crippen LogP contribution in [0.5, 0.6) is 5.75 Å². The summed E-state index contributed by atoms with van der Waals surface area (Å²) in [5, 5.41) is 0. The van der Waals surface area contributed by atoms with E-state index in [2.05, 4.69) is 10.2 Å². The lowest BCUT2D eigenvalue weighted by molar-refractivity contribution is -0.127. The van der Waals surface area contributed by atoms with Gasteiger partial charge in [0.1, 0.15) is 5.75 Å². The number of aryl methyl sites for hydroxylation is 1. The fraction of sp³-hybridized carbons (Fsp3) is 0.263. The number of benzene rings is 2. The highest BCUT2D eigenvalue weighted by Gasteiger charge is 2.24. The van der Waals surface area contributed by atoms with Gasteiger partial charge in [0.15, 0.2) is 6.10 Å². The van der Waals surface area contributed by atoms with Gasteiger partial charge in [0.25, 0.3) is 15.9 Å². The number of carbonyl (C=O) groups excluding carboxylic acids is 2. The van der Waals surface area contributed by atoms with Crippen LogP contribution >= 0.6 is 0 Å². The molecule has 0 spiro atoms. The van der Waals surface area contributed by atoms with Crippen molar-refractivity contribution < 1.29 is 27.5 Å². The molecule has 0 unspecified atom stereocenters. The maximum atomic E-state index is 12.5. The monoisotopic (exact) mass is 406 g/mol. The molecule has 9 heteroatoms. The van der Waals surface area contributed by atoms with Gasteiger partial charge < -0.3 is 9.47 Å². The van der Waals surface area contributed by atoms with Gasteiger partial charge in [0.05, 0.1) is 17.6 Å². The van der Waals surface area contributed by atoms with E-state index < -0.39 is 28.0 Å². The normalized spacial score (nSPS) is 12.1. The van der Waals surface area contributed by atoms with Gasteiger partial charge in [-0.15, -0.1) is 4.83 Å². The van der Waals surface area contributed by atoms with Crippen LogP contribution in [-0.2, 0) is 19.6 Å². The molecule has 0 fully saturated rings. The van der Waals surface area contributed by atoms with Gasteiger partial charge in [0.2, 0.25) is 0 Å². The van der Waals surface area contributed by atoms with Gasteiger partial charge in [0, 0.05) is 0 Å². The number of amides is 1. The standard InChI is InChI=1S/C19H22N2O6S/c1-12-8-7-10-16(13(12)2)27-14(3)18(22)20-21-28(24,25)17-11-6-5-9-15(17)19(23)26-4/h5-11,14,21H,1-4H3,(H,20,22)/t14-/m0/s1. The Labute approximate surface area is 163 Å². The van der Waals surface area contributed by atoms with E-state index >= 15 is 0 Å². The zero-order valence-corrected chi connectivity index (χ0v) is 16.8. The number of rotatable bonds is 7. The Kier molecular flexibility index (Phi) is 6.76. The molecular formula is C19H22N2O6S. The molecule has 0 aliphatic carbocycles. The van der Waals surface area contributed by atoms with Crippen LogP contribution in [0.4, 0.5) is 0 Å². The van der Waals surface area contributed by atoms with E-state index in [1.165, 1.54) is 31.2 Å². The molecule has 2 aromatic carbocycles.